The molecule has 0 aliphatic carbocycles. The molecular formula is C5H4FN5O. The first-order valence-corrected chi connectivity index (χ1v) is 3.06. The predicted octanol–water partition coefficient (Wildman–Crippen LogP) is -1.03. The van der Waals surface area contributed by atoms with Gasteiger partial charge in [0.1, 0.15) is 6.33 Å². The summed E-state index contributed by atoms with van der Waals surface area (Å²) in [5, 5.41) is 0. The monoisotopic (exact) mass is 169 g/mol. The third-order valence-corrected chi connectivity index (χ3v) is 1.40. The molecule has 6 nitrogen and oxygen atoms in total. The normalized spacial score (nSPS) is 10.8. The van der Waals surface area contributed by atoms with Gasteiger partial charge in [0.15, 0.2) is 11.2 Å². The number of nitrogens with two attached hydrogens (primary N) is 1. The second-order valence-electron chi connectivity index (χ2n) is 2.18. The Labute approximate surface area is 64.8 Å². The molecule has 12 heavy (non-hydrogen) atoms. The van der Waals surface area contributed by atoms with Crippen LogP contribution >= 0.6 is 0 Å². The summed E-state index contributed by atoms with van der Waals surface area (Å²) in [6.07, 6.45) is 0.214. The van der Waals surface area contributed by atoms with Gasteiger partial charge in [0.05, 0.1) is 0 Å². The van der Waals surface area contributed by atoms with Crippen molar-refractivity contribution in [2.45, 2.75) is 0 Å². The summed E-state index contributed by atoms with van der Waals surface area (Å²) in [7, 11) is 0. The summed E-state index contributed by atoms with van der Waals surface area (Å²) in [6, 6.07) is 0. The van der Waals surface area contributed by atoms with Gasteiger partial charge in [0.25, 0.3) is 11.6 Å². The lowest BCUT2D eigenvalue weighted by molar-refractivity contribution is 0.539. The van der Waals surface area contributed by atoms with Gasteiger partial charge in [-0.25, -0.2) is 9.66 Å². The van der Waals surface area contributed by atoms with Crippen LogP contribution in [0.2, 0.25) is 0 Å². The molecule has 0 atom stereocenters. The molecule has 2 aromatic heterocycles. The number of H-pyrrole nitrogens is 1. The Kier molecular flexibility index (Phi) is 1.15. The lowest BCUT2D eigenvalue weighted by Crippen LogP contribution is -2.13. The number of hydrogen-bond acceptors (Lipinski definition) is 4. The largest absolute Gasteiger partial charge is 0.336 e. The molecule has 62 valence electrons. The van der Waals surface area contributed by atoms with Crippen LogP contribution in [-0.2, 0) is 0 Å². The summed E-state index contributed by atoms with van der Waals surface area (Å²) in [5.74, 6) is 5.29. The van der Waals surface area contributed by atoms with Crippen molar-refractivity contribution in [2.75, 3.05) is 5.84 Å². The Morgan fingerprint density at radius 1 is 1.67 bits per heavy atom. The molecule has 0 saturated heterocycles. The third-order valence-electron chi connectivity index (χ3n) is 1.40. The molecule has 7 heteroatoms. The number of imidazole rings is 1. The van der Waals surface area contributed by atoms with Gasteiger partial charge in [-0.2, -0.15) is 9.37 Å². The zero-order valence-corrected chi connectivity index (χ0v) is 5.78. The van der Waals surface area contributed by atoms with Crippen molar-refractivity contribution in [3.05, 3.63) is 22.8 Å². The zero-order chi connectivity index (χ0) is 8.72. The molecule has 0 aromatic carbocycles. The summed E-state index contributed by atoms with van der Waals surface area (Å²) in [6.45, 7) is 0. The number of fused-ring (bicyclic) bond motifs is 1. The number of nitrogen functional groups attached to an aromatic ring is 1. The molecule has 0 fully saturated rings. The van der Waals surface area contributed by atoms with Crippen LogP contribution in [0.15, 0.2) is 11.1 Å². The number of nitrogens with one attached hydrogen (secondary N) is 1. The van der Waals surface area contributed by atoms with Crippen molar-refractivity contribution >= 4 is 11.2 Å². The van der Waals surface area contributed by atoms with Crippen LogP contribution in [0, 0.1) is 6.08 Å². The second kappa shape index (κ2) is 2.03. The first-order valence-electron chi connectivity index (χ1n) is 3.06. The smallest absolute Gasteiger partial charge is 0.291 e. The predicted molar refractivity (Wildman–Crippen MR) is 38.3 cm³/mol. The summed E-state index contributed by atoms with van der Waals surface area (Å²) >= 11 is 0. The first kappa shape index (κ1) is 6.77. The van der Waals surface area contributed by atoms with E-state index in [1.54, 1.807) is 0 Å². The van der Waals surface area contributed by atoms with Gasteiger partial charge in [-0.3, -0.25) is 9.78 Å². The van der Waals surface area contributed by atoms with E-state index in [-0.39, 0.29) is 11.2 Å². The standard InChI is InChI=1S/C5H4FN5O/c6-5-9-3-2(4(12)10-5)8-1-11(3)7/h1H,7H2,(H,9,10,12). The van der Waals surface area contributed by atoms with Gasteiger partial charge in [-0.1, -0.05) is 0 Å². The van der Waals surface area contributed by atoms with Crippen LogP contribution < -0.4 is 11.4 Å². The molecule has 2 aromatic rings. The van der Waals surface area contributed by atoms with Crippen LogP contribution in [-0.4, -0.2) is 19.6 Å². The summed E-state index contributed by atoms with van der Waals surface area (Å²) in [4.78, 5) is 19.8. The molecule has 0 saturated carbocycles. The van der Waals surface area contributed by atoms with E-state index in [2.05, 4.69) is 9.97 Å². The Morgan fingerprint density at radius 2 is 2.42 bits per heavy atom. The van der Waals surface area contributed by atoms with E-state index in [4.69, 9.17) is 5.84 Å². The number of aromatic amines is 1. The molecule has 0 aliphatic heterocycles. The fourth-order valence-corrected chi connectivity index (χ4v) is 0.899. The molecule has 2 rings (SSSR count). The van der Waals surface area contributed by atoms with E-state index >= 15 is 0 Å². The molecule has 0 radical (unpaired) electrons. The molecule has 0 aliphatic rings. The molecule has 0 unspecified atom stereocenters. The van der Waals surface area contributed by atoms with Crippen molar-refractivity contribution in [3.63, 3.8) is 0 Å². The van der Waals surface area contributed by atoms with Crippen molar-refractivity contribution in [3.8, 4) is 0 Å². The van der Waals surface area contributed by atoms with Crippen LogP contribution in [0.3, 0.4) is 0 Å². The Morgan fingerprint density at radius 3 is 3.17 bits per heavy atom. The molecule has 2 heterocycles. The highest BCUT2D eigenvalue weighted by Gasteiger charge is 2.07. The van der Waals surface area contributed by atoms with E-state index in [1.165, 1.54) is 6.33 Å². The van der Waals surface area contributed by atoms with Gasteiger partial charge < -0.3 is 5.84 Å². The van der Waals surface area contributed by atoms with E-state index in [0.29, 0.717) is 0 Å². The van der Waals surface area contributed by atoms with Crippen molar-refractivity contribution in [1.29, 1.82) is 0 Å². The maximum Gasteiger partial charge on any atom is 0.291 e. The lowest BCUT2D eigenvalue weighted by atomic mass is 10.5. The minimum absolute atomic E-state index is 0.0243. The molecule has 0 amide bonds. The van der Waals surface area contributed by atoms with E-state index in [9.17, 15) is 9.18 Å². The SMILES string of the molecule is Nn1cnc2c(=O)[nH]c(F)nc21. The van der Waals surface area contributed by atoms with Crippen molar-refractivity contribution < 1.29 is 4.39 Å². The average Bonchev–Trinajstić information content (AvgIpc) is 2.33. The maximum atomic E-state index is 12.5. The highest BCUT2D eigenvalue weighted by molar-refractivity contribution is 5.68. The third kappa shape index (κ3) is 0.760. The Hall–Kier alpha value is -1.92. The van der Waals surface area contributed by atoms with Gasteiger partial charge in [-0.05, 0) is 0 Å². The number of halogens is 1. The van der Waals surface area contributed by atoms with Crippen LogP contribution in [0.4, 0.5) is 4.39 Å². The van der Waals surface area contributed by atoms with Gasteiger partial charge in [0.2, 0.25) is 0 Å². The molecule has 0 spiro atoms. The highest BCUT2D eigenvalue weighted by atomic mass is 19.1. The average molecular weight is 169 g/mol. The van der Waals surface area contributed by atoms with Crippen molar-refractivity contribution in [1.82, 2.24) is 19.6 Å². The van der Waals surface area contributed by atoms with E-state index < -0.39 is 11.6 Å². The van der Waals surface area contributed by atoms with Gasteiger partial charge in [-0.15, -0.1) is 0 Å². The lowest BCUT2D eigenvalue weighted by Gasteiger charge is -1.91. The first-order chi connectivity index (χ1) is 5.68. The van der Waals surface area contributed by atoms with E-state index in [1.807, 2.05) is 4.98 Å². The zero-order valence-electron chi connectivity index (χ0n) is 5.78. The second-order valence-corrected chi connectivity index (χ2v) is 2.18. The number of aromatic nitrogens is 4. The van der Waals surface area contributed by atoms with E-state index in [0.717, 1.165) is 4.68 Å². The molecule has 0 bridgehead atoms. The minimum Gasteiger partial charge on any atom is -0.336 e. The molecule has 3 N–H and O–H groups in total. The van der Waals surface area contributed by atoms with Gasteiger partial charge >= 0.3 is 0 Å². The number of nitrogens with zero attached hydrogens (tertiary/aromatic N) is 3. The topological polar surface area (TPSA) is 89.6 Å². The van der Waals surface area contributed by atoms with Crippen molar-refractivity contribution in [2.24, 2.45) is 0 Å². The molecular weight excluding hydrogens is 165 g/mol. The summed E-state index contributed by atoms with van der Waals surface area (Å²) in [5.41, 5.74) is -0.586. The van der Waals surface area contributed by atoms with Crippen LogP contribution in [0.5, 0.6) is 0 Å². The Balaban J connectivity index is 3.03. The quantitative estimate of drug-likeness (QED) is 0.390. The number of hydrogen-bond donors (Lipinski definition) is 2. The maximum absolute atomic E-state index is 12.5. The number of rotatable bonds is 0. The fourth-order valence-electron chi connectivity index (χ4n) is 0.899. The van der Waals surface area contributed by atoms with Crippen LogP contribution in [0.1, 0.15) is 0 Å². The fraction of sp³-hybridized carbons (Fsp3) is 0. The van der Waals surface area contributed by atoms with Crippen LogP contribution in [0.25, 0.3) is 11.2 Å². The Bertz CT molecular complexity index is 486. The summed E-state index contributed by atoms with van der Waals surface area (Å²) < 4.78 is 13.5. The van der Waals surface area contributed by atoms with Gasteiger partial charge in [0, 0.05) is 0 Å². The minimum atomic E-state index is -0.972. The highest BCUT2D eigenvalue weighted by Crippen LogP contribution is 1.99.